The summed E-state index contributed by atoms with van der Waals surface area (Å²) in [5, 5.41) is 0.0342. The molecule has 0 saturated carbocycles. The molecule has 0 unspecified atom stereocenters. The smallest absolute Gasteiger partial charge is 0.260 e. The Kier molecular flexibility index (Phi) is 4.22. The lowest BCUT2D eigenvalue weighted by Gasteiger charge is -2.33. The van der Waals surface area contributed by atoms with Crippen molar-refractivity contribution in [2.75, 3.05) is 26.2 Å². The summed E-state index contributed by atoms with van der Waals surface area (Å²) in [5.41, 5.74) is 0. The number of hydrogen-bond donors (Lipinski definition) is 0. The van der Waals surface area contributed by atoms with Gasteiger partial charge in [-0.25, -0.2) is 13.4 Å². The van der Waals surface area contributed by atoms with Gasteiger partial charge in [-0.2, -0.15) is 4.31 Å². The fourth-order valence-corrected chi connectivity index (χ4v) is 3.46. The van der Waals surface area contributed by atoms with E-state index in [9.17, 15) is 13.2 Å². The number of aromatic nitrogens is 1. The number of amides is 1. The standard InChI is InChI=1S/C11H14BrN3O3S/c1-9(16)14-4-6-15(7-5-14)19(17,18)11-3-2-10(12)8-13-11/h2-3,8H,4-7H2,1H3. The lowest BCUT2D eigenvalue weighted by molar-refractivity contribution is -0.129. The summed E-state index contributed by atoms with van der Waals surface area (Å²) in [4.78, 5) is 16.8. The zero-order chi connectivity index (χ0) is 14.0. The van der Waals surface area contributed by atoms with Crippen LogP contribution in [0, 0.1) is 0 Å². The van der Waals surface area contributed by atoms with Crippen LogP contribution in [0.25, 0.3) is 0 Å². The van der Waals surface area contributed by atoms with Gasteiger partial charge in [-0.3, -0.25) is 4.79 Å². The van der Waals surface area contributed by atoms with Crippen molar-refractivity contribution in [1.82, 2.24) is 14.2 Å². The predicted octanol–water partition coefficient (Wildman–Crippen LogP) is 0.697. The number of carbonyl (C=O) groups excluding carboxylic acids is 1. The van der Waals surface area contributed by atoms with Gasteiger partial charge in [-0.05, 0) is 28.1 Å². The van der Waals surface area contributed by atoms with Crippen molar-refractivity contribution < 1.29 is 13.2 Å². The van der Waals surface area contributed by atoms with Crippen LogP contribution in [0.3, 0.4) is 0 Å². The van der Waals surface area contributed by atoms with E-state index in [1.807, 2.05) is 0 Å². The summed E-state index contributed by atoms with van der Waals surface area (Å²) in [6.45, 7) is 2.94. The predicted molar refractivity (Wildman–Crippen MR) is 72.9 cm³/mol. The number of sulfonamides is 1. The highest BCUT2D eigenvalue weighted by atomic mass is 79.9. The molecule has 8 heteroatoms. The van der Waals surface area contributed by atoms with Gasteiger partial charge < -0.3 is 4.90 Å². The van der Waals surface area contributed by atoms with Crippen molar-refractivity contribution in [3.63, 3.8) is 0 Å². The zero-order valence-corrected chi connectivity index (χ0v) is 12.8. The second kappa shape index (κ2) is 5.56. The van der Waals surface area contributed by atoms with Crippen LogP contribution in [0.5, 0.6) is 0 Å². The first-order valence-electron chi connectivity index (χ1n) is 5.78. The highest BCUT2D eigenvalue weighted by Crippen LogP contribution is 2.17. The molecule has 0 aliphatic carbocycles. The maximum atomic E-state index is 12.3. The highest BCUT2D eigenvalue weighted by molar-refractivity contribution is 9.10. The van der Waals surface area contributed by atoms with Crippen molar-refractivity contribution >= 4 is 31.9 Å². The molecule has 1 aromatic rings. The number of rotatable bonds is 2. The van der Waals surface area contributed by atoms with Crippen molar-refractivity contribution in [3.8, 4) is 0 Å². The molecule has 2 rings (SSSR count). The molecule has 19 heavy (non-hydrogen) atoms. The Labute approximate surface area is 120 Å². The zero-order valence-electron chi connectivity index (χ0n) is 10.4. The lowest BCUT2D eigenvalue weighted by atomic mass is 10.3. The number of piperazine rings is 1. The Bertz CT molecular complexity index is 565. The Morgan fingerprint density at radius 2 is 1.89 bits per heavy atom. The SMILES string of the molecule is CC(=O)N1CCN(S(=O)(=O)c2ccc(Br)cn2)CC1. The number of halogens is 1. The minimum atomic E-state index is -3.56. The van der Waals surface area contributed by atoms with Crippen LogP contribution >= 0.6 is 15.9 Å². The average Bonchev–Trinajstić information content (AvgIpc) is 2.39. The molecule has 6 nitrogen and oxygen atoms in total. The summed E-state index contributed by atoms with van der Waals surface area (Å²) in [6, 6.07) is 3.11. The van der Waals surface area contributed by atoms with Crippen LogP contribution in [-0.2, 0) is 14.8 Å². The van der Waals surface area contributed by atoms with Gasteiger partial charge in [-0.1, -0.05) is 0 Å². The quantitative estimate of drug-likeness (QED) is 0.789. The van der Waals surface area contributed by atoms with Crippen LogP contribution in [0.1, 0.15) is 6.92 Å². The largest absolute Gasteiger partial charge is 0.340 e. The molecule has 1 fully saturated rings. The molecule has 104 valence electrons. The number of hydrogen-bond acceptors (Lipinski definition) is 4. The number of nitrogens with zero attached hydrogens (tertiary/aromatic N) is 3. The van der Waals surface area contributed by atoms with Crippen LogP contribution in [-0.4, -0.2) is 54.7 Å². The molecule has 1 aliphatic rings. The molecular formula is C11H14BrN3O3S. The molecule has 1 aliphatic heterocycles. The fourth-order valence-electron chi connectivity index (χ4n) is 1.89. The van der Waals surface area contributed by atoms with E-state index in [0.29, 0.717) is 26.2 Å². The van der Waals surface area contributed by atoms with Crippen LogP contribution in [0.4, 0.5) is 0 Å². The summed E-state index contributed by atoms with van der Waals surface area (Å²) in [6.07, 6.45) is 1.46. The fraction of sp³-hybridized carbons (Fsp3) is 0.455. The Morgan fingerprint density at radius 3 is 2.37 bits per heavy atom. The molecule has 0 N–H and O–H groups in total. The van der Waals surface area contributed by atoms with Gasteiger partial charge in [0.2, 0.25) is 5.91 Å². The second-order valence-corrected chi connectivity index (χ2v) is 7.03. The first-order chi connectivity index (χ1) is 8.91. The van der Waals surface area contributed by atoms with Crippen molar-refractivity contribution in [2.24, 2.45) is 0 Å². The number of carbonyl (C=O) groups is 1. The Balaban J connectivity index is 2.14. The summed E-state index contributed by atoms with van der Waals surface area (Å²) in [5.74, 6) is -0.0289. The first-order valence-corrected chi connectivity index (χ1v) is 8.02. The van der Waals surface area contributed by atoms with E-state index >= 15 is 0 Å². The van der Waals surface area contributed by atoms with Crippen LogP contribution in [0.2, 0.25) is 0 Å². The molecule has 0 spiro atoms. The van der Waals surface area contributed by atoms with E-state index in [-0.39, 0.29) is 10.9 Å². The first kappa shape index (κ1) is 14.4. The van der Waals surface area contributed by atoms with Crippen molar-refractivity contribution in [3.05, 3.63) is 22.8 Å². The molecule has 0 radical (unpaired) electrons. The van der Waals surface area contributed by atoms with Gasteiger partial charge in [0.1, 0.15) is 0 Å². The van der Waals surface area contributed by atoms with E-state index in [0.717, 1.165) is 4.47 Å². The highest BCUT2D eigenvalue weighted by Gasteiger charge is 2.29. The minimum Gasteiger partial charge on any atom is -0.340 e. The van der Waals surface area contributed by atoms with Gasteiger partial charge in [0.25, 0.3) is 10.0 Å². The topological polar surface area (TPSA) is 70.6 Å². The van der Waals surface area contributed by atoms with Gasteiger partial charge in [0, 0.05) is 43.8 Å². The third-order valence-electron chi connectivity index (χ3n) is 2.99. The van der Waals surface area contributed by atoms with Gasteiger partial charge in [0.15, 0.2) is 5.03 Å². The summed E-state index contributed by atoms with van der Waals surface area (Å²) in [7, 11) is -3.56. The normalized spacial score (nSPS) is 17.5. The van der Waals surface area contributed by atoms with Crippen molar-refractivity contribution in [1.29, 1.82) is 0 Å². The average molecular weight is 348 g/mol. The second-order valence-electron chi connectivity index (χ2n) is 4.22. The van der Waals surface area contributed by atoms with Crippen LogP contribution in [0.15, 0.2) is 27.8 Å². The van der Waals surface area contributed by atoms with E-state index in [1.54, 1.807) is 11.0 Å². The van der Waals surface area contributed by atoms with Crippen molar-refractivity contribution in [2.45, 2.75) is 11.9 Å². The van der Waals surface area contributed by atoms with E-state index in [1.165, 1.54) is 23.5 Å². The van der Waals surface area contributed by atoms with E-state index in [4.69, 9.17) is 0 Å². The molecule has 0 bridgehead atoms. The maximum Gasteiger partial charge on any atom is 0.260 e. The summed E-state index contributed by atoms with van der Waals surface area (Å²) < 4.78 is 26.7. The van der Waals surface area contributed by atoms with Gasteiger partial charge >= 0.3 is 0 Å². The third kappa shape index (κ3) is 3.13. The number of pyridine rings is 1. The molecule has 2 heterocycles. The van der Waals surface area contributed by atoms with Gasteiger partial charge in [-0.15, -0.1) is 0 Å². The molecule has 0 aromatic carbocycles. The molecular weight excluding hydrogens is 334 g/mol. The Morgan fingerprint density at radius 1 is 1.26 bits per heavy atom. The van der Waals surface area contributed by atoms with E-state index < -0.39 is 10.0 Å². The maximum absolute atomic E-state index is 12.3. The molecule has 1 aromatic heterocycles. The molecule has 1 saturated heterocycles. The Hall–Kier alpha value is -0.990. The minimum absolute atomic E-state index is 0.0289. The summed E-state index contributed by atoms with van der Waals surface area (Å²) >= 11 is 3.22. The lowest BCUT2D eigenvalue weighted by Crippen LogP contribution is -2.50. The van der Waals surface area contributed by atoms with Gasteiger partial charge in [0.05, 0.1) is 0 Å². The molecule has 1 amide bonds. The third-order valence-corrected chi connectivity index (χ3v) is 5.27. The molecule has 0 atom stereocenters. The van der Waals surface area contributed by atoms with Crippen LogP contribution < -0.4 is 0 Å². The van der Waals surface area contributed by atoms with E-state index in [2.05, 4.69) is 20.9 Å². The monoisotopic (exact) mass is 347 g/mol.